The second-order valence-corrected chi connectivity index (χ2v) is 5.26. The molecule has 98 valence electrons. The Morgan fingerprint density at radius 3 is 2.72 bits per heavy atom. The maximum Gasteiger partial charge on any atom is 0.308 e. The molecule has 1 aromatic carbocycles. The number of aliphatic carboxylic acids is 1. The quantitative estimate of drug-likeness (QED) is 0.493. The topological polar surface area (TPSA) is 83.7 Å². The lowest BCUT2D eigenvalue weighted by Gasteiger charge is -2.21. The number of benzene rings is 1. The molecule has 1 atom stereocenters. The molecule has 1 aromatic rings. The molecule has 1 rings (SSSR count). The lowest BCUT2D eigenvalue weighted by molar-refractivity contribution is -0.384. The molecule has 0 fully saturated rings. The molecule has 0 bridgehead atoms. The molecular formula is C11H13IN2O4. The highest BCUT2D eigenvalue weighted by Crippen LogP contribution is 2.29. The van der Waals surface area contributed by atoms with Crippen molar-refractivity contribution in [2.75, 3.05) is 18.5 Å². The largest absolute Gasteiger partial charge is 0.481 e. The van der Waals surface area contributed by atoms with E-state index in [9.17, 15) is 14.9 Å². The minimum atomic E-state index is -0.921. The van der Waals surface area contributed by atoms with E-state index in [2.05, 4.69) is 0 Å². The number of halogens is 1. The molecule has 0 aromatic heterocycles. The second-order valence-electron chi connectivity index (χ2n) is 4.01. The van der Waals surface area contributed by atoms with E-state index in [0.717, 1.165) is 3.57 Å². The fraction of sp³-hybridized carbons (Fsp3) is 0.364. The molecule has 1 unspecified atom stereocenters. The van der Waals surface area contributed by atoms with Gasteiger partial charge in [0.15, 0.2) is 0 Å². The van der Waals surface area contributed by atoms with Gasteiger partial charge < -0.3 is 10.0 Å². The van der Waals surface area contributed by atoms with Crippen molar-refractivity contribution in [1.82, 2.24) is 0 Å². The van der Waals surface area contributed by atoms with Gasteiger partial charge in [0.2, 0.25) is 0 Å². The van der Waals surface area contributed by atoms with Crippen LogP contribution in [0.5, 0.6) is 0 Å². The van der Waals surface area contributed by atoms with Gasteiger partial charge in [0.05, 0.1) is 10.8 Å². The van der Waals surface area contributed by atoms with E-state index in [0.29, 0.717) is 5.69 Å². The Morgan fingerprint density at radius 1 is 1.61 bits per heavy atom. The molecule has 0 aliphatic carbocycles. The monoisotopic (exact) mass is 364 g/mol. The summed E-state index contributed by atoms with van der Waals surface area (Å²) in [6, 6.07) is 4.86. The van der Waals surface area contributed by atoms with Crippen LogP contribution in [-0.2, 0) is 4.79 Å². The van der Waals surface area contributed by atoms with E-state index < -0.39 is 16.8 Å². The highest BCUT2D eigenvalue weighted by Gasteiger charge is 2.20. The van der Waals surface area contributed by atoms with Crippen LogP contribution in [0.3, 0.4) is 0 Å². The van der Waals surface area contributed by atoms with Crippen LogP contribution in [0.2, 0.25) is 0 Å². The Labute approximate surface area is 118 Å². The molecular weight excluding hydrogens is 351 g/mol. The highest BCUT2D eigenvalue weighted by molar-refractivity contribution is 14.1. The summed E-state index contributed by atoms with van der Waals surface area (Å²) < 4.78 is 0.766. The summed E-state index contributed by atoms with van der Waals surface area (Å²) in [5.74, 6) is -1.51. The van der Waals surface area contributed by atoms with Crippen molar-refractivity contribution in [3.05, 3.63) is 31.9 Å². The van der Waals surface area contributed by atoms with E-state index in [1.807, 2.05) is 22.6 Å². The van der Waals surface area contributed by atoms with Gasteiger partial charge in [0, 0.05) is 23.2 Å². The standard InChI is InChI=1S/C11H13IN2O4/c1-7(11(15)16)6-13(2)9-4-3-8(12)5-10(9)14(17)18/h3-5,7H,6H2,1-2H3,(H,15,16). The van der Waals surface area contributed by atoms with Gasteiger partial charge >= 0.3 is 5.97 Å². The molecule has 18 heavy (non-hydrogen) atoms. The number of nitro groups is 1. The van der Waals surface area contributed by atoms with E-state index in [1.54, 1.807) is 31.0 Å². The summed E-state index contributed by atoms with van der Waals surface area (Å²) in [7, 11) is 1.65. The Hall–Kier alpha value is -1.38. The number of nitro benzene ring substituents is 1. The molecule has 0 saturated carbocycles. The van der Waals surface area contributed by atoms with E-state index in [1.165, 1.54) is 6.07 Å². The Balaban J connectivity index is 3.01. The third-order valence-corrected chi connectivity index (χ3v) is 3.19. The molecule has 1 N–H and O–H groups in total. The first-order chi connectivity index (χ1) is 8.32. The van der Waals surface area contributed by atoms with Crippen molar-refractivity contribution in [3.8, 4) is 0 Å². The molecule has 0 saturated heterocycles. The first-order valence-corrected chi connectivity index (χ1v) is 6.28. The number of carbonyl (C=O) groups is 1. The van der Waals surface area contributed by atoms with E-state index in [4.69, 9.17) is 5.11 Å². The van der Waals surface area contributed by atoms with Crippen LogP contribution < -0.4 is 4.90 Å². The summed E-state index contributed by atoms with van der Waals surface area (Å²) in [5.41, 5.74) is 0.413. The number of anilines is 1. The third-order valence-electron chi connectivity index (χ3n) is 2.51. The van der Waals surface area contributed by atoms with Gasteiger partial charge in [-0.3, -0.25) is 14.9 Å². The average Bonchev–Trinajstić information content (AvgIpc) is 2.28. The van der Waals surface area contributed by atoms with Crippen LogP contribution in [0.1, 0.15) is 6.92 Å². The third kappa shape index (κ3) is 3.56. The number of hydrogen-bond acceptors (Lipinski definition) is 4. The van der Waals surface area contributed by atoms with Crippen LogP contribution in [0, 0.1) is 19.6 Å². The zero-order valence-corrected chi connectivity index (χ0v) is 12.1. The Morgan fingerprint density at radius 2 is 2.22 bits per heavy atom. The summed E-state index contributed by atoms with van der Waals surface area (Å²) >= 11 is 2.00. The van der Waals surface area contributed by atoms with Crippen LogP contribution in [-0.4, -0.2) is 29.6 Å². The molecule has 6 nitrogen and oxygen atoms in total. The van der Waals surface area contributed by atoms with E-state index >= 15 is 0 Å². The zero-order valence-electron chi connectivity index (χ0n) is 9.96. The van der Waals surface area contributed by atoms with Gasteiger partial charge in [-0.2, -0.15) is 0 Å². The van der Waals surface area contributed by atoms with Crippen molar-refractivity contribution in [3.63, 3.8) is 0 Å². The summed E-state index contributed by atoms with van der Waals surface area (Å²) in [4.78, 5) is 22.9. The summed E-state index contributed by atoms with van der Waals surface area (Å²) in [6.45, 7) is 1.79. The Kier molecular flexibility index (Phi) is 4.88. The number of rotatable bonds is 5. The van der Waals surface area contributed by atoms with Gasteiger partial charge in [0.25, 0.3) is 5.69 Å². The molecule has 0 spiro atoms. The van der Waals surface area contributed by atoms with Crippen LogP contribution in [0.4, 0.5) is 11.4 Å². The first-order valence-electron chi connectivity index (χ1n) is 5.20. The molecule has 0 amide bonds. The summed E-state index contributed by atoms with van der Waals surface area (Å²) in [6.07, 6.45) is 0. The van der Waals surface area contributed by atoms with Crippen molar-refractivity contribution in [1.29, 1.82) is 0 Å². The van der Waals surface area contributed by atoms with Gasteiger partial charge in [-0.15, -0.1) is 0 Å². The summed E-state index contributed by atoms with van der Waals surface area (Å²) in [5, 5.41) is 19.8. The van der Waals surface area contributed by atoms with Crippen molar-refractivity contribution >= 4 is 39.9 Å². The first kappa shape index (κ1) is 14.7. The SMILES string of the molecule is CC(CN(C)c1ccc(I)cc1[N+](=O)[O-])C(=O)O. The predicted octanol–water partition coefficient (Wildman–Crippen LogP) is 2.36. The minimum absolute atomic E-state index is 0.0120. The molecule has 0 heterocycles. The molecule has 0 aliphatic rings. The van der Waals surface area contributed by atoms with Gasteiger partial charge in [0.1, 0.15) is 5.69 Å². The molecule has 0 aliphatic heterocycles. The van der Waals surface area contributed by atoms with E-state index in [-0.39, 0.29) is 12.2 Å². The van der Waals surface area contributed by atoms with Gasteiger partial charge in [-0.25, -0.2) is 0 Å². The van der Waals surface area contributed by atoms with Crippen molar-refractivity contribution in [2.45, 2.75) is 6.92 Å². The lowest BCUT2D eigenvalue weighted by atomic mass is 10.1. The van der Waals surface area contributed by atoms with Crippen LogP contribution >= 0.6 is 22.6 Å². The smallest absolute Gasteiger partial charge is 0.308 e. The lowest BCUT2D eigenvalue weighted by Crippen LogP contribution is -2.28. The second kappa shape index (κ2) is 5.98. The van der Waals surface area contributed by atoms with Crippen LogP contribution in [0.25, 0.3) is 0 Å². The molecule has 7 heteroatoms. The van der Waals surface area contributed by atoms with Crippen LogP contribution in [0.15, 0.2) is 18.2 Å². The average molecular weight is 364 g/mol. The maximum absolute atomic E-state index is 11.0. The van der Waals surface area contributed by atoms with Crippen molar-refractivity contribution in [2.24, 2.45) is 5.92 Å². The van der Waals surface area contributed by atoms with Gasteiger partial charge in [-0.1, -0.05) is 6.92 Å². The van der Waals surface area contributed by atoms with Gasteiger partial charge in [-0.05, 0) is 34.7 Å². The Bertz CT molecular complexity index is 478. The van der Waals surface area contributed by atoms with Crippen molar-refractivity contribution < 1.29 is 14.8 Å². The normalized spacial score (nSPS) is 11.9. The number of carboxylic acid groups (broad SMARTS) is 1. The molecule has 0 radical (unpaired) electrons. The highest BCUT2D eigenvalue weighted by atomic mass is 127. The fourth-order valence-corrected chi connectivity index (χ4v) is 2.03. The number of hydrogen-bond donors (Lipinski definition) is 1. The fourth-order valence-electron chi connectivity index (χ4n) is 1.55. The number of nitrogens with zero attached hydrogens (tertiary/aromatic N) is 2. The maximum atomic E-state index is 11.0. The minimum Gasteiger partial charge on any atom is -0.481 e. The predicted molar refractivity (Wildman–Crippen MR) is 75.9 cm³/mol. The number of carboxylic acids is 1. The zero-order chi connectivity index (χ0) is 13.9.